The molecule has 0 aliphatic rings. The van der Waals surface area contributed by atoms with Gasteiger partial charge in [0.15, 0.2) is 11.4 Å². The molecule has 0 atom stereocenters. The summed E-state index contributed by atoms with van der Waals surface area (Å²) in [6, 6.07) is 0. The molecule has 0 bridgehead atoms. The van der Waals surface area contributed by atoms with Crippen molar-refractivity contribution in [3.8, 4) is 0 Å². The number of carbonyl (C=O) groups excluding carboxylic acids is 1. The lowest BCUT2D eigenvalue weighted by Crippen LogP contribution is -2.23. The molecule has 7 heteroatoms. The molecule has 1 amide bonds. The zero-order valence-electron chi connectivity index (χ0n) is 6.26. The Kier molecular flexibility index (Phi) is 2.50. The Bertz CT molecular complexity index is 351. The minimum absolute atomic E-state index is 0.433. The largest absolute Gasteiger partial charge is 0.476 e. The zero-order valence-corrected chi connectivity index (χ0v) is 6.26. The van der Waals surface area contributed by atoms with Crippen molar-refractivity contribution in [1.82, 2.24) is 15.4 Å². The van der Waals surface area contributed by atoms with Gasteiger partial charge in [-0.2, -0.15) is 0 Å². The molecule has 0 aliphatic heterocycles. The van der Waals surface area contributed by atoms with E-state index < -0.39 is 23.3 Å². The van der Waals surface area contributed by atoms with Gasteiger partial charge in [0.05, 0.1) is 0 Å². The van der Waals surface area contributed by atoms with Crippen LogP contribution >= 0.6 is 0 Å². The summed E-state index contributed by atoms with van der Waals surface area (Å²) in [5, 5.41) is 16.8. The van der Waals surface area contributed by atoms with Crippen LogP contribution < -0.4 is 5.48 Å². The van der Waals surface area contributed by atoms with E-state index in [4.69, 9.17) is 10.3 Å². The van der Waals surface area contributed by atoms with Gasteiger partial charge in [-0.15, -0.1) is 0 Å². The molecule has 1 aromatic rings. The summed E-state index contributed by atoms with van der Waals surface area (Å²) in [5.41, 5.74) is 0.333. The fourth-order valence-corrected chi connectivity index (χ4v) is 0.714. The lowest BCUT2D eigenvalue weighted by Gasteiger charge is -1.99. The van der Waals surface area contributed by atoms with E-state index in [1.54, 1.807) is 0 Å². The number of hydrogen-bond donors (Lipinski definition) is 3. The summed E-state index contributed by atoms with van der Waals surface area (Å²) in [7, 11) is 0. The molecule has 0 radical (unpaired) electrons. The zero-order chi connectivity index (χ0) is 9.84. The van der Waals surface area contributed by atoms with Crippen molar-refractivity contribution in [2.45, 2.75) is 0 Å². The molecule has 1 aromatic heterocycles. The predicted octanol–water partition coefficient (Wildman–Crippen LogP) is -0.706. The molecule has 1 rings (SSSR count). The number of aromatic nitrogens is 2. The quantitative estimate of drug-likeness (QED) is 0.412. The fourth-order valence-electron chi connectivity index (χ4n) is 0.714. The normalized spacial score (nSPS) is 9.31. The summed E-state index contributed by atoms with van der Waals surface area (Å²) in [5.74, 6) is -2.39. The van der Waals surface area contributed by atoms with Gasteiger partial charge in [0, 0.05) is 12.4 Å². The molecular formula is C6H5N3O4. The number of rotatable bonds is 2. The van der Waals surface area contributed by atoms with Crippen molar-refractivity contribution >= 4 is 11.9 Å². The van der Waals surface area contributed by atoms with Crippen molar-refractivity contribution < 1.29 is 19.9 Å². The number of hydrogen-bond acceptors (Lipinski definition) is 5. The molecule has 0 saturated heterocycles. The van der Waals surface area contributed by atoms with Crippen LogP contribution in [-0.4, -0.2) is 32.2 Å². The van der Waals surface area contributed by atoms with Gasteiger partial charge in [0.1, 0.15) is 0 Å². The molecule has 0 unspecified atom stereocenters. The van der Waals surface area contributed by atoms with E-state index in [0.29, 0.717) is 0 Å². The number of nitrogens with zero attached hydrogens (tertiary/aromatic N) is 2. The lowest BCUT2D eigenvalue weighted by molar-refractivity contribution is 0.0652. The third-order valence-corrected chi connectivity index (χ3v) is 1.22. The number of carboxylic acid groups (broad SMARTS) is 1. The van der Waals surface area contributed by atoms with Crippen LogP contribution in [0.2, 0.25) is 0 Å². The van der Waals surface area contributed by atoms with Gasteiger partial charge in [-0.25, -0.2) is 20.2 Å². The number of carbonyl (C=O) groups is 2. The first-order chi connectivity index (χ1) is 6.16. The Balaban J connectivity index is 3.19. The third-order valence-electron chi connectivity index (χ3n) is 1.22. The number of amides is 1. The van der Waals surface area contributed by atoms with E-state index in [-0.39, 0.29) is 0 Å². The summed E-state index contributed by atoms with van der Waals surface area (Å²) < 4.78 is 0. The van der Waals surface area contributed by atoms with Crippen LogP contribution in [0.1, 0.15) is 21.0 Å². The van der Waals surface area contributed by atoms with Gasteiger partial charge < -0.3 is 5.11 Å². The van der Waals surface area contributed by atoms with Crippen molar-refractivity contribution in [2.75, 3.05) is 0 Å². The molecule has 68 valence electrons. The maximum Gasteiger partial charge on any atom is 0.356 e. The summed E-state index contributed by atoms with van der Waals surface area (Å²) in [6.07, 6.45) is 2.29. The smallest absolute Gasteiger partial charge is 0.356 e. The molecular weight excluding hydrogens is 178 g/mol. The first kappa shape index (κ1) is 9.07. The van der Waals surface area contributed by atoms with Gasteiger partial charge in [0.25, 0.3) is 5.91 Å². The highest BCUT2D eigenvalue weighted by Gasteiger charge is 2.18. The summed E-state index contributed by atoms with van der Waals surface area (Å²) in [4.78, 5) is 28.2. The first-order valence-corrected chi connectivity index (χ1v) is 3.15. The van der Waals surface area contributed by atoms with Crippen LogP contribution in [-0.2, 0) is 0 Å². The molecule has 7 nitrogen and oxygen atoms in total. The Morgan fingerprint density at radius 2 is 1.77 bits per heavy atom. The van der Waals surface area contributed by atoms with E-state index >= 15 is 0 Å². The van der Waals surface area contributed by atoms with Crippen LogP contribution in [0.5, 0.6) is 0 Å². The van der Waals surface area contributed by atoms with Crippen LogP contribution in [0, 0.1) is 0 Å². The van der Waals surface area contributed by atoms with Crippen LogP contribution in [0.25, 0.3) is 0 Å². The van der Waals surface area contributed by atoms with Crippen LogP contribution in [0.15, 0.2) is 12.4 Å². The first-order valence-electron chi connectivity index (χ1n) is 3.15. The summed E-state index contributed by atoms with van der Waals surface area (Å²) in [6.45, 7) is 0. The van der Waals surface area contributed by atoms with Crippen molar-refractivity contribution in [3.05, 3.63) is 23.8 Å². The monoisotopic (exact) mass is 183 g/mol. The SMILES string of the molecule is O=C(O)c1nccnc1C(=O)NO. The Hall–Kier alpha value is -2.02. The van der Waals surface area contributed by atoms with E-state index in [2.05, 4.69) is 9.97 Å². The van der Waals surface area contributed by atoms with Gasteiger partial charge in [-0.05, 0) is 0 Å². The minimum Gasteiger partial charge on any atom is -0.476 e. The highest BCUT2D eigenvalue weighted by molar-refractivity contribution is 6.01. The van der Waals surface area contributed by atoms with Crippen molar-refractivity contribution in [1.29, 1.82) is 0 Å². The molecule has 13 heavy (non-hydrogen) atoms. The summed E-state index contributed by atoms with van der Waals surface area (Å²) >= 11 is 0. The second-order valence-corrected chi connectivity index (χ2v) is 2.00. The van der Waals surface area contributed by atoms with Crippen LogP contribution in [0.3, 0.4) is 0 Å². The molecule has 0 fully saturated rings. The second kappa shape index (κ2) is 3.59. The highest BCUT2D eigenvalue weighted by atomic mass is 16.5. The molecule has 0 aliphatic carbocycles. The van der Waals surface area contributed by atoms with Gasteiger partial charge in [0.2, 0.25) is 0 Å². The predicted molar refractivity (Wildman–Crippen MR) is 38.2 cm³/mol. The Morgan fingerprint density at radius 3 is 2.23 bits per heavy atom. The molecule has 0 spiro atoms. The van der Waals surface area contributed by atoms with E-state index in [1.807, 2.05) is 0 Å². The van der Waals surface area contributed by atoms with Gasteiger partial charge in [-0.3, -0.25) is 10.0 Å². The fraction of sp³-hybridized carbons (Fsp3) is 0. The molecule has 3 N–H and O–H groups in total. The maximum atomic E-state index is 10.8. The minimum atomic E-state index is -1.38. The maximum absolute atomic E-state index is 10.8. The Labute approximate surface area is 72.0 Å². The number of nitrogens with one attached hydrogen (secondary N) is 1. The van der Waals surface area contributed by atoms with Crippen molar-refractivity contribution in [2.24, 2.45) is 0 Å². The number of hydroxylamine groups is 1. The number of carboxylic acids is 1. The molecule has 0 aromatic carbocycles. The number of aromatic carboxylic acids is 1. The molecule has 0 saturated carbocycles. The highest BCUT2D eigenvalue weighted by Crippen LogP contribution is 2.00. The third kappa shape index (κ3) is 1.76. The van der Waals surface area contributed by atoms with Gasteiger partial charge in [-0.1, -0.05) is 0 Å². The average Bonchev–Trinajstić information content (AvgIpc) is 2.16. The van der Waals surface area contributed by atoms with E-state index in [1.165, 1.54) is 5.48 Å². The van der Waals surface area contributed by atoms with E-state index in [0.717, 1.165) is 12.4 Å². The topological polar surface area (TPSA) is 112 Å². The standard InChI is InChI=1S/C6H5N3O4/c10-5(9-13)3-4(6(11)12)8-2-1-7-3/h1-2,13H,(H,9,10)(H,11,12). The lowest BCUT2D eigenvalue weighted by atomic mass is 10.3. The van der Waals surface area contributed by atoms with E-state index in [9.17, 15) is 9.59 Å². The second-order valence-electron chi connectivity index (χ2n) is 2.00. The Morgan fingerprint density at radius 1 is 1.23 bits per heavy atom. The van der Waals surface area contributed by atoms with Crippen LogP contribution in [0.4, 0.5) is 0 Å². The average molecular weight is 183 g/mol. The van der Waals surface area contributed by atoms with Crippen molar-refractivity contribution in [3.63, 3.8) is 0 Å². The molecule has 1 heterocycles. The van der Waals surface area contributed by atoms with Gasteiger partial charge >= 0.3 is 5.97 Å².